The highest BCUT2D eigenvalue weighted by molar-refractivity contribution is 6.46. The van der Waals surface area contributed by atoms with Crippen LogP contribution in [0, 0.1) is 5.82 Å². The Morgan fingerprint density at radius 3 is 2.45 bits per heavy atom. The van der Waals surface area contributed by atoms with Crippen molar-refractivity contribution < 1.29 is 38.0 Å². The molecule has 1 atom stereocenters. The van der Waals surface area contributed by atoms with Gasteiger partial charge < -0.3 is 29.0 Å². The first-order valence-electron chi connectivity index (χ1n) is 12.5. The minimum Gasteiger partial charge on any atom is -0.507 e. The molecule has 2 aromatic carbocycles. The molecule has 9 nitrogen and oxygen atoms in total. The number of morpholine rings is 1. The number of aliphatic hydroxyl groups is 1. The summed E-state index contributed by atoms with van der Waals surface area (Å²) >= 11 is 0. The summed E-state index contributed by atoms with van der Waals surface area (Å²) in [6.07, 6.45) is -0.249. The summed E-state index contributed by atoms with van der Waals surface area (Å²) in [4.78, 5) is 30.3. The van der Waals surface area contributed by atoms with Crippen LogP contribution in [-0.4, -0.2) is 86.3 Å². The number of para-hydroxylation sites is 1. The van der Waals surface area contributed by atoms with Crippen LogP contribution in [0.5, 0.6) is 17.2 Å². The SMILES string of the molecule is COc1cccc([C@@H]2/C(=C(\O)c3ccc(OC(C)C)c(F)c3)C(=O)C(=O)N2CCN2CCOCC2)c1OC. The number of aliphatic hydroxyl groups excluding tert-OH is 1. The zero-order valence-corrected chi connectivity index (χ0v) is 22.0. The lowest BCUT2D eigenvalue weighted by molar-refractivity contribution is -0.140. The maximum absolute atomic E-state index is 14.8. The van der Waals surface area contributed by atoms with Crippen LogP contribution in [0.1, 0.15) is 31.0 Å². The van der Waals surface area contributed by atoms with Crippen molar-refractivity contribution in [2.24, 2.45) is 0 Å². The maximum Gasteiger partial charge on any atom is 0.295 e. The number of Topliss-reactive ketones (excluding diaryl/α,β-unsaturated/α-hetero) is 1. The Morgan fingerprint density at radius 1 is 1.08 bits per heavy atom. The summed E-state index contributed by atoms with van der Waals surface area (Å²) in [7, 11) is 2.95. The van der Waals surface area contributed by atoms with E-state index >= 15 is 0 Å². The van der Waals surface area contributed by atoms with E-state index in [0.29, 0.717) is 49.9 Å². The topological polar surface area (TPSA) is 97.8 Å². The van der Waals surface area contributed by atoms with Crippen LogP contribution in [0.15, 0.2) is 42.0 Å². The van der Waals surface area contributed by atoms with Gasteiger partial charge in [0.25, 0.3) is 11.7 Å². The molecule has 0 aromatic heterocycles. The van der Waals surface area contributed by atoms with Gasteiger partial charge in [0.2, 0.25) is 0 Å². The average molecular weight is 529 g/mol. The number of ketones is 1. The molecule has 2 aliphatic heterocycles. The fourth-order valence-corrected chi connectivity index (χ4v) is 4.79. The van der Waals surface area contributed by atoms with Crippen LogP contribution in [0.4, 0.5) is 4.39 Å². The van der Waals surface area contributed by atoms with Gasteiger partial charge in [-0.15, -0.1) is 0 Å². The largest absolute Gasteiger partial charge is 0.507 e. The summed E-state index contributed by atoms with van der Waals surface area (Å²) in [5.41, 5.74) is 0.368. The van der Waals surface area contributed by atoms with E-state index in [1.165, 1.54) is 31.3 Å². The van der Waals surface area contributed by atoms with E-state index in [1.54, 1.807) is 32.0 Å². The van der Waals surface area contributed by atoms with Gasteiger partial charge in [0.15, 0.2) is 23.1 Å². The number of halogens is 1. The van der Waals surface area contributed by atoms with E-state index in [-0.39, 0.29) is 29.5 Å². The quantitative estimate of drug-likeness (QED) is 0.301. The number of amides is 1. The molecule has 2 aromatic rings. The van der Waals surface area contributed by atoms with E-state index in [1.807, 2.05) is 0 Å². The van der Waals surface area contributed by atoms with Crippen molar-refractivity contribution in [3.05, 3.63) is 58.9 Å². The standard InChI is InChI=1S/C28H33FN2O7/c1-17(2)38-21-9-8-18(16-20(21)29)25(32)23-24(19-6-5-7-22(35-3)27(19)36-4)31(28(34)26(23)33)11-10-30-12-14-37-15-13-30/h5-9,16-17,24,32H,10-15H2,1-4H3/b25-23+/t24-/m1/s1. The molecular weight excluding hydrogens is 495 g/mol. The second-order valence-electron chi connectivity index (χ2n) is 9.34. The second-order valence-corrected chi connectivity index (χ2v) is 9.34. The molecule has 38 heavy (non-hydrogen) atoms. The molecule has 0 radical (unpaired) electrons. The Morgan fingerprint density at radius 2 is 1.82 bits per heavy atom. The minimum absolute atomic E-state index is 0.0218. The van der Waals surface area contributed by atoms with Gasteiger partial charge in [-0.05, 0) is 38.1 Å². The number of carbonyl (C=O) groups excluding carboxylic acids is 2. The van der Waals surface area contributed by atoms with Gasteiger partial charge in [-0.2, -0.15) is 0 Å². The third-order valence-corrected chi connectivity index (χ3v) is 6.60. The van der Waals surface area contributed by atoms with Crippen molar-refractivity contribution in [1.29, 1.82) is 0 Å². The molecular formula is C28H33FN2O7. The molecule has 2 heterocycles. The smallest absolute Gasteiger partial charge is 0.295 e. The monoisotopic (exact) mass is 528 g/mol. The van der Waals surface area contributed by atoms with E-state index in [0.717, 1.165) is 6.07 Å². The molecule has 2 aliphatic rings. The molecule has 0 saturated carbocycles. The van der Waals surface area contributed by atoms with Crippen molar-refractivity contribution in [3.8, 4) is 17.2 Å². The Hall–Kier alpha value is -3.63. The molecule has 0 bridgehead atoms. The van der Waals surface area contributed by atoms with Crippen LogP contribution in [0.25, 0.3) is 5.76 Å². The van der Waals surface area contributed by atoms with E-state index in [4.69, 9.17) is 18.9 Å². The second kappa shape index (κ2) is 11.8. The lowest BCUT2D eigenvalue weighted by Gasteiger charge is -2.31. The van der Waals surface area contributed by atoms with Crippen LogP contribution < -0.4 is 14.2 Å². The first kappa shape index (κ1) is 27.4. The average Bonchev–Trinajstić information content (AvgIpc) is 3.17. The van der Waals surface area contributed by atoms with Crippen molar-refractivity contribution in [2.45, 2.75) is 26.0 Å². The van der Waals surface area contributed by atoms with Crippen LogP contribution in [0.2, 0.25) is 0 Å². The molecule has 2 fully saturated rings. The third-order valence-electron chi connectivity index (χ3n) is 6.60. The highest BCUT2D eigenvalue weighted by Crippen LogP contribution is 2.45. The number of hydrogen-bond acceptors (Lipinski definition) is 8. The Bertz CT molecular complexity index is 1220. The summed E-state index contributed by atoms with van der Waals surface area (Å²) in [5, 5.41) is 11.3. The molecule has 2 saturated heterocycles. The lowest BCUT2D eigenvalue weighted by atomic mass is 9.94. The zero-order valence-electron chi connectivity index (χ0n) is 22.0. The first-order chi connectivity index (χ1) is 18.3. The van der Waals surface area contributed by atoms with Crippen molar-refractivity contribution >= 4 is 17.4 Å². The van der Waals surface area contributed by atoms with Gasteiger partial charge in [-0.3, -0.25) is 14.5 Å². The molecule has 4 rings (SSSR count). The van der Waals surface area contributed by atoms with Crippen LogP contribution in [0.3, 0.4) is 0 Å². The molecule has 204 valence electrons. The Labute approximate surface area is 221 Å². The summed E-state index contributed by atoms with van der Waals surface area (Å²) < 4.78 is 36.7. The van der Waals surface area contributed by atoms with Crippen molar-refractivity contribution in [1.82, 2.24) is 9.80 Å². The van der Waals surface area contributed by atoms with Gasteiger partial charge in [-0.1, -0.05) is 12.1 Å². The zero-order chi connectivity index (χ0) is 27.4. The van der Waals surface area contributed by atoms with Gasteiger partial charge in [0, 0.05) is 37.3 Å². The molecule has 0 unspecified atom stereocenters. The highest BCUT2D eigenvalue weighted by atomic mass is 19.1. The number of methoxy groups -OCH3 is 2. The van der Waals surface area contributed by atoms with E-state index < -0.39 is 29.3 Å². The normalized spacial score (nSPS) is 19.7. The molecule has 10 heteroatoms. The minimum atomic E-state index is -0.976. The van der Waals surface area contributed by atoms with Gasteiger partial charge in [0.1, 0.15) is 5.76 Å². The predicted molar refractivity (Wildman–Crippen MR) is 138 cm³/mol. The van der Waals surface area contributed by atoms with Crippen molar-refractivity contribution in [2.75, 3.05) is 53.6 Å². The highest BCUT2D eigenvalue weighted by Gasteiger charge is 2.47. The van der Waals surface area contributed by atoms with Gasteiger partial charge in [-0.25, -0.2) is 4.39 Å². The maximum atomic E-state index is 14.8. The van der Waals surface area contributed by atoms with Crippen LogP contribution >= 0.6 is 0 Å². The number of rotatable bonds is 9. The third kappa shape index (κ3) is 5.46. The summed E-state index contributed by atoms with van der Waals surface area (Å²) in [5.74, 6) is -2.03. The number of hydrogen-bond donors (Lipinski definition) is 1. The molecule has 0 aliphatic carbocycles. The number of carbonyl (C=O) groups is 2. The van der Waals surface area contributed by atoms with Gasteiger partial charge >= 0.3 is 0 Å². The first-order valence-corrected chi connectivity index (χ1v) is 12.5. The number of benzene rings is 2. The summed E-state index contributed by atoms with van der Waals surface area (Å²) in [6.45, 7) is 6.88. The number of ether oxygens (including phenoxy) is 4. The Balaban J connectivity index is 1.81. The van der Waals surface area contributed by atoms with Gasteiger partial charge in [0.05, 0.1) is 45.2 Å². The fourth-order valence-electron chi connectivity index (χ4n) is 4.79. The number of likely N-dealkylation sites (tertiary alicyclic amines) is 1. The lowest BCUT2D eigenvalue weighted by Crippen LogP contribution is -2.42. The fraction of sp³-hybridized carbons (Fsp3) is 0.429. The number of nitrogens with zero attached hydrogens (tertiary/aromatic N) is 2. The molecule has 1 N–H and O–H groups in total. The van der Waals surface area contributed by atoms with E-state index in [2.05, 4.69) is 4.90 Å². The van der Waals surface area contributed by atoms with Crippen molar-refractivity contribution in [3.63, 3.8) is 0 Å². The Kier molecular flexibility index (Phi) is 8.53. The predicted octanol–water partition coefficient (Wildman–Crippen LogP) is 3.38. The summed E-state index contributed by atoms with van der Waals surface area (Å²) in [6, 6.07) is 8.09. The molecule has 0 spiro atoms. The van der Waals surface area contributed by atoms with E-state index in [9.17, 15) is 19.1 Å². The molecule has 1 amide bonds. The van der Waals surface area contributed by atoms with Crippen LogP contribution in [-0.2, 0) is 14.3 Å².